The van der Waals surface area contributed by atoms with E-state index in [0.29, 0.717) is 0 Å². The van der Waals surface area contributed by atoms with Crippen LogP contribution in [0.25, 0.3) is 0 Å². The van der Waals surface area contributed by atoms with Crippen molar-refractivity contribution in [3.63, 3.8) is 0 Å². The third kappa shape index (κ3) is 11.0. The van der Waals surface area contributed by atoms with Crippen LogP contribution in [0.4, 0.5) is 0 Å². The molecule has 2 aliphatic rings. The molecule has 4 N–H and O–H groups in total. The molecule has 2 rings (SSSR count). The van der Waals surface area contributed by atoms with Gasteiger partial charge in [-0.25, -0.2) is 0 Å². The molecule has 0 amide bonds. The average Bonchev–Trinajstić information content (AvgIpc) is 2.73. The van der Waals surface area contributed by atoms with Gasteiger partial charge in [-0.2, -0.15) is 0 Å². The third-order valence-electron chi connectivity index (χ3n) is 5.69. The van der Waals surface area contributed by atoms with E-state index in [9.17, 15) is 0 Å². The van der Waals surface area contributed by atoms with Gasteiger partial charge in [0.05, 0.1) is 0 Å². The summed E-state index contributed by atoms with van der Waals surface area (Å²) in [5.41, 5.74) is 3.21. The minimum absolute atomic E-state index is 0.0509. The maximum atomic E-state index is 5.44. The van der Waals surface area contributed by atoms with Gasteiger partial charge in [-0.3, -0.25) is 0 Å². The average molecular weight is 437 g/mol. The summed E-state index contributed by atoms with van der Waals surface area (Å²) in [6.45, 7) is 7.89. The number of hydrogen-bond donors (Lipinski definition) is 4. The van der Waals surface area contributed by atoms with Crippen molar-refractivity contribution >= 4 is 34.7 Å². The van der Waals surface area contributed by atoms with Gasteiger partial charge in [-0.15, -0.1) is 0 Å². The Balaban J connectivity index is 1.53. The van der Waals surface area contributed by atoms with Gasteiger partial charge >= 0.3 is 0 Å². The van der Waals surface area contributed by atoms with Gasteiger partial charge in [-0.05, 0) is 94.1 Å². The molecular formula is C23H40N4S2. The lowest BCUT2D eigenvalue weighted by molar-refractivity contribution is 0.359. The molecule has 0 aromatic rings. The minimum atomic E-state index is 0.0509. The van der Waals surface area contributed by atoms with Crippen LogP contribution in [0.15, 0.2) is 23.3 Å². The quantitative estimate of drug-likeness (QED) is 0.294. The summed E-state index contributed by atoms with van der Waals surface area (Å²) < 4.78 is 0. The summed E-state index contributed by atoms with van der Waals surface area (Å²) in [5, 5.41) is 14.9. The maximum Gasteiger partial charge on any atom is 0.166 e. The zero-order valence-electron chi connectivity index (χ0n) is 18.4. The SMILES string of the molecule is CC(C)(CNC(=S)NCCC1=CCCCC1)CNC(=S)NCCC1=CCCCC1. The lowest BCUT2D eigenvalue weighted by Gasteiger charge is -2.27. The van der Waals surface area contributed by atoms with E-state index in [1.54, 1.807) is 11.1 Å². The summed E-state index contributed by atoms with van der Waals surface area (Å²) >= 11 is 10.9. The molecule has 4 nitrogen and oxygen atoms in total. The molecule has 2 aliphatic carbocycles. The molecule has 0 unspecified atom stereocenters. The molecule has 164 valence electrons. The van der Waals surface area contributed by atoms with E-state index in [2.05, 4.69) is 47.3 Å². The Kier molecular flexibility index (Phi) is 11.0. The first-order chi connectivity index (χ1) is 13.9. The molecule has 0 saturated carbocycles. The summed E-state index contributed by atoms with van der Waals surface area (Å²) in [5.74, 6) is 0. The van der Waals surface area contributed by atoms with Gasteiger partial charge in [0.2, 0.25) is 0 Å². The highest BCUT2D eigenvalue weighted by Gasteiger charge is 2.18. The molecule has 0 atom stereocenters. The molecule has 0 radical (unpaired) electrons. The highest BCUT2D eigenvalue weighted by molar-refractivity contribution is 7.80. The lowest BCUT2D eigenvalue weighted by atomic mass is 9.93. The zero-order chi connectivity index (χ0) is 21.0. The fourth-order valence-corrected chi connectivity index (χ4v) is 4.11. The molecule has 29 heavy (non-hydrogen) atoms. The van der Waals surface area contributed by atoms with E-state index < -0.39 is 0 Å². The van der Waals surface area contributed by atoms with E-state index in [-0.39, 0.29) is 5.41 Å². The maximum absolute atomic E-state index is 5.44. The molecule has 0 aromatic heterocycles. The van der Waals surface area contributed by atoms with Crippen molar-refractivity contribution in [1.29, 1.82) is 0 Å². The van der Waals surface area contributed by atoms with Crippen LogP contribution in [0.3, 0.4) is 0 Å². The summed E-state index contributed by atoms with van der Waals surface area (Å²) in [6, 6.07) is 0. The predicted molar refractivity (Wildman–Crippen MR) is 133 cm³/mol. The molecule has 0 aromatic carbocycles. The van der Waals surface area contributed by atoms with Gasteiger partial charge < -0.3 is 21.3 Å². The first kappa shape index (κ1) is 24.1. The summed E-state index contributed by atoms with van der Waals surface area (Å²) in [4.78, 5) is 0. The molecule has 0 spiro atoms. The molecule has 0 heterocycles. The molecule has 0 bridgehead atoms. The van der Waals surface area contributed by atoms with Crippen molar-refractivity contribution in [2.75, 3.05) is 26.2 Å². The van der Waals surface area contributed by atoms with E-state index >= 15 is 0 Å². The van der Waals surface area contributed by atoms with Crippen molar-refractivity contribution in [1.82, 2.24) is 21.3 Å². The van der Waals surface area contributed by atoms with Crippen LogP contribution in [0, 0.1) is 5.41 Å². The van der Waals surface area contributed by atoms with Crippen LogP contribution in [-0.2, 0) is 0 Å². The topological polar surface area (TPSA) is 48.1 Å². The van der Waals surface area contributed by atoms with Crippen LogP contribution in [-0.4, -0.2) is 36.4 Å². The number of hydrogen-bond acceptors (Lipinski definition) is 2. The highest BCUT2D eigenvalue weighted by atomic mass is 32.1. The Morgan fingerprint density at radius 1 is 0.759 bits per heavy atom. The van der Waals surface area contributed by atoms with E-state index in [1.165, 1.54) is 51.4 Å². The Labute approximate surface area is 188 Å². The Morgan fingerprint density at radius 3 is 1.59 bits per heavy atom. The van der Waals surface area contributed by atoms with Crippen LogP contribution in [0.2, 0.25) is 0 Å². The standard InChI is InChI=1S/C23H40N4S2/c1-23(2,17-26-21(28)24-15-13-19-9-5-3-6-10-19)18-27-22(29)25-16-14-20-11-7-4-8-12-20/h9,11H,3-8,10,12-18H2,1-2H3,(H2,24,26,28)(H2,25,27,29). The molecule has 6 heteroatoms. The van der Waals surface area contributed by atoms with E-state index in [4.69, 9.17) is 24.4 Å². The fraction of sp³-hybridized carbons (Fsp3) is 0.739. The molecule has 0 aliphatic heterocycles. The van der Waals surface area contributed by atoms with E-state index in [1.807, 2.05) is 0 Å². The first-order valence-corrected chi connectivity index (χ1v) is 12.2. The second-order valence-electron chi connectivity index (χ2n) is 9.10. The molecule has 0 fully saturated rings. The fourth-order valence-electron chi connectivity index (χ4n) is 3.76. The second-order valence-corrected chi connectivity index (χ2v) is 9.92. The smallest absolute Gasteiger partial charge is 0.166 e. The summed E-state index contributed by atoms with van der Waals surface area (Å²) in [7, 11) is 0. The van der Waals surface area contributed by atoms with Crippen molar-refractivity contribution in [2.24, 2.45) is 5.41 Å². The van der Waals surface area contributed by atoms with Gasteiger partial charge in [0.15, 0.2) is 10.2 Å². The van der Waals surface area contributed by atoms with Crippen LogP contribution in [0.5, 0.6) is 0 Å². The summed E-state index contributed by atoms with van der Waals surface area (Å²) in [6.07, 6.45) is 17.4. The minimum Gasteiger partial charge on any atom is -0.362 e. The number of nitrogens with one attached hydrogen (secondary N) is 4. The zero-order valence-corrected chi connectivity index (χ0v) is 20.0. The largest absolute Gasteiger partial charge is 0.362 e. The highest BCUT2D eigenvalue weighted by Crippen LogP contribution is 2.20. The number of thiocarbonyl (C=S) groups is 2. The number of allylic oxidation sites excluding steroid dienone is 2. The van der Waals surface area contributed by atoms with Gasteiger partial charge in [0, 0.05) is 26.2 Å². The van der Waals surface area contributed by atoms with Crippen molar-refractivity contribution in [2.45, 2.75) is 78.1 Å². The lowest BCUT2D eigenvalue weighted by Crippen LogP contribution is -2.47. The number of rotatable bonds is 10. The van der Waals surface area contributed by atoms with Gasteiger partial charge in [-0.1, -0.05) is 37.1 Å². The van der Waals surface area contributed by atoms with Gasteiger partial charge in [0.25, 0.3) is 0 Å². The third-order valence-corrected chi connectivity index (χ3v) is 6.27. The van der Waals surface area contributed by atoms with Crippen molar-refractivity contribution in [3.8, 4) is 0 Å². The van der Waals surface area contributed by atoms with Gasteiger partial charge in [0.1, 0.15) is 0 Å². The Hall–Kier alpha value is -1.14. The monoisotopic (exact) mass is 436 g/mol. The predicted octanol–water partition coefficient (Wildman–Crippen LogP) is 4.72. The second kappa shape index (κ2) is 13.2. The van der Waals surface area contributed by atoms with Crippen molar-refractivity contribution < 1.29 is 0 Å². The van der Waals surface area contributed by atoms with E-state index in [0.717, 1.165) is 49.2 Å². The van der Waals surface area contributed by atoms with Crippen LogP contribution < -0.4 is 21.3 Å². The molecular weight excluding hydrogens is 396 g/mol. The normalized spacial score (nSPS) is 17.0. The first-order valence-electron chi connectivity index (χ1n) is 11.3. The Bertz CT molecular complexity index is 546. The van der Waals surface area contributed by atoms with Crippen molar-refractivity contribution in [3.05, 3.63) is 23.3 Å². The molecule has 0 saturated heterocycles. The van der Waals surface area contributed by atoms with Crippen LogP contribution >= 0.6 is 24.4 Å². The van der Waals surface area contributed by atoms with Crippen LogP contribution in [0.1, 0.15) is 78.1 Å². The Morgan fingerprint density at radius 2 is 1.21 bits per heavy atom.